The van der Waals surface area contributed by atoms with Gasteiger partial charge in [0.1, 0.15) is 0 Å². The summed E-state index contributed by atoms with van der Waals surface area (Å²) in [6, 6.07) is 0. The van der Waals surface area contributed by atoms with Crippen LogP contribution in [0.3, 0.4) is 0 Å². The lowest BCUT2D eigenvalue weighted by Gasteiger charge is -2.19. The number of halogens is 2. The molecule has 0 aliphatic carbocycles. The first-order valence-corrected chi connectivity index (χ1v) is 6.50. The molecule has 0 aromatic heterocycles. The average molecular weight is 241 g/mol. The summed E-state index contributed by atoms with van der Waals surface area (Å²) in [5.74, 6) is 1.32. The Labute approximate surface area is 97.7 Å². The van der Waals surface area contributed by atoms with Crippen molar-refractivity contribution < 1.29 is 0 Å². The first-order chi connectivity index (χ1) is 6.85. The second-order valence-electron chi connectivity index (χ2n) is 3.33. The molecule has 0 amide bonds. The molecule has 0 spiro atoms. The third kappa shape index (κ3) is 9.07. The standard InChI is InChI=1S/C10H22Cl2N2/c1-2-3-4-5-10(13-8-6-11)14-9-7-12/h10,13-14H,2-9H2,1H3. The monoisotopic (exact) mass is 240 g/mol. The molecule has 4 heteroatoms. The van der Waals surface area contributed by atoms with E-state index in [0.717, 1.165) is 19.5 Å². The van der Waals surface area contributed by atoms with Crippen LogP contribution in [0.2, 0.25) is 0 Å². The number of nitrogens with one attached hydrogen (secondary N) is 2. The molecule has 0 fully saturated rings. The van der Waals surface area contributed by atoms with Crippen LogP contribution in [0.1, 0.15) is 32.6 Å². The maximum Gasteiger partial charge on any atom is 0.0572 e. The summed E-state index contributed by atoms with van der Waals surface area (Å²) in [6.07, 6.45) is 5.34. The lowest BCUT2D eigenvalue weighted by Crippen LogP contribution is -2.43. The van der Waals surface area contributed by atoms with Gasteiger partial charge in [-0.1, -0.05) is 26.2 Å². The van der Waals surface area contributed by atoms with Crippen molar-refractivity contribution in [2.75, 3.05) is 24.8 Å². The smallest absolute Gasteiger partial charge is 0.0572 e. The van der Waals surface area contributed by atoms with Gasteiger partial charge in [-0.05, 0) is 6.42 Å². The van der Waals surface area contributed by atoms with Crippen molar-refractivity contribution in [3.63, 3.8) is 0 Å². The third-order valence-corrected chi connectivity index (χ3v) is 2.44. The molecule has 14 heavy (non-hydrogen) atoms. The van der Waals surface area contributed by atoms with Crippen LogP contribution in [0.4, 0.5) is 0 Å². The highest BCUT2D eigenvalue weighted by Gasteiger charge is 2.04. The Hall–Kier alpha value is 0.500. The van der Waals surface area contributed by atoms with E-state index in [1.165, 1.54) is 19.3 Å². The summed E-state index contributed by atoms with van der Waals surface area (Å²) in [6.45, 7) is 3.93. The van der Waals surface area contributed by atoms with Crippen molar-refractivity contribution in [3.05, 3.63) is 0 Å². The summed E-state index contributed by atoms with van der Waals surface area (Å²) >= 11 is 11.2. The van der Waals surface area contributed by atoms with E-state index in [4.69, 9.17) is 23.2 Å². The molecule has 2 nitrogen and oxygen atoms in total. The van der Waals surface area contributed by atoms with E-state index in [9.17, 15) is 0 Å². The normalized spacial score (nSPS) is 11.1. The molecule has 0 rings (SSSR count). The van der Waals surface area contributed by atoms with E-state index in [1.807, 2.05) is 0 Å². The fraction of sp³-hybridized carbons (Fsp3) is 1.00. The molecule has 0 saturated carbocycles. The minimum atomic E-state index is 0.374. The second kappa shape index (κ2) is 11.6. The van der Waals surface area contributed by atoms with Gasteiger partial charge in [-0.15, -0.1) is 23.2 Å². The molecule has 0 unspecified atom stereocenters. The molecule has 0 aliphatic rings. The lowest BCUT2D eigenvalue weighted by molar-refractivity contribution is 0.404. The van der Waals surface area contributed by atoms with Gasteiger partial charge in [0, 0.05) is 24.8 Å². The number of hydrogen-bond acceptors (Lipinski definition) is 2. The Morgan fingerprint density at radius 1 is 1.00 bits per heavy atom. The molecular formula is C10H22Cl2N2. The summed E-state index contributed by atoms with van der Waals surface area (Å²) in [4.78, 5) is 0. The summed E-state index contributed by atoms with van der Waals surface area (Å²) in [5, 5.41) is 6.72. The average Bonchev–Trinajstić information content (AvgIpc) is 2.21. The van der Waals surface area contributed by atoms with Crippen LogP contribution in [0.25, 0.3) is 0 Å². The van der Waals surface area contributed by atoms with Gasteiger partial charge in [0.15, 0.2) is 0 Å². The van der Waals surface area contributed by atoms with E-state index in [2.05, 4.69) is 17.6 Å². The second-order valence-corrected chi connectivity index (χ2v) is 4.09. The van der Waals surface area contributed by atoms with Crippen molar-refractivity contribution in [1.82, 2.24) is 10.6 Å². The van der Waals surface area contributed by atoms with Gasteiger partial charge in [0.25, 0.3) is 0 Å². The van der Waals surface area contributed by atoms with E-state index < -0.39 is 0 Å². The fourth-order valence-electron chi connectivity index (χ4n) is 1.33. The van der Waals surface area contributed by atoms with Crippen LogP contribution >= 0.6 is 23.2 Å². The zero-order valence-electron chi connectivity index (χ0n) is 8.99. The summed E-state index contributed by atoms with van der Waals surface area (Å²) in [7, 11) is 0. The van der Waals surface area contributed by atoms with Crippen molar-refractivity contribution in [1.29, 1.82) is 0 Å². The minimum Gasteiger partial charge on any atom is -0.301 e. The van der Waals surface area contributed by atoms with Crippen LogP contribution in [0, 0.1) is 0 Å². The molecule has 0 heterocycles. The van der Waals surface area contributed by atoms with Gasteiger partial charge in [0.05, 0.1) is 6.17 Å². The molecule has 0 aliphatic heterocycles. The maximum atomic E-state index is 5.62. The van der Waals surface area contributed by atoms with Gasteiger partial charge in [0.2, 0.25) is 0 Å². The van der Waals surface area contributed by atoms with Crippen LogP contribution in [0.15, 0.2) is 0 Å². The number of rotatable bonds is 10. The minimum absolute atomic E-state index is 0.374. The Balaban J connectivity index is 3.49. The van der Waals surface area contributed by atoms with Gasteiger partial charge in [-0.2, -0.15) is 0 Å². The van der Waals surface area contributed by atoms with E-state index in [1.54, 1.807) is 0 Å². The zero-order chi connectivity index (χ0) is 10.6. The van der Waals surface area contributed by atoms with Gasteiger partial charge in [-0.25, -0.2) is 0 Å². The Morgan fingerprint density at radius 3 is 2.00 bits per heavy atom. The molecular weight excluding hydrogens is 219 g/mol. The largest absolute Gasteiger partial charge is 0.301 e. The van der Waals surface area contributed by atoms with Crippen molar-refractivity contribution in [2.45, 2.75) is 38.8 Å². The number of hydrogen-bond donors (Lipinski definition) is 2. The number of alkyl halides is 2. The first kappa shape index (κ1) is 14.5. The van der Waals surface area contributed by atoms with Crippen LogP contribution in [-0.4, -0.2) is 31.0 Å². The lowest BCUT2D eigenvalue weighted by atomic mass is 10.1. The highest BCUT2D eigenvalue weighted by molar-refractivity contribution is 6.18. The fourth-order valence-corrected chi connectivity index (χ4v) is 1.55. The van der Waals surface area contributed by atoms with Crippen molar-refractivity contribution >= 4 is 23.2 Å². The topological polar surface area (TPSA) is 24.1 Å². The molecule has 0 saturated heterocycles. The number of unbranched alkanes of at least 4 members (excludes halogenated alkanes) is 2. The van der Waals surface area contributed by atoms with E-state index in [0.29, 0.717) is 17.9 Å². The van der Waals surface area contributed by atoms with Gasteiger partial charge < -0.3 is 10.6 Å². The Kier molecular flexibility index (Phi) is 12.0. The third-order valence-electron chi connectivity index (χ3n) is 2.07. The van der Waals surface area contributed by atoms with Crippen LogP contribution < -0.4 is 10.6 Å². The Morgan fingerprint density at radius 2 is 1.57 bits per heavy atom. The molecule has 0 bridgehead atoms. The highest BCUT2D eigenvalue weighted by atomic mass is 35.5. The van der Waals surface area contributed by atoms with E-state index >= 15 is 0 Å². The quantitative estimate of drug-likeness (QED) is 0.349. The zero-order valence-corrected chi connectivity index (χ0v) is 10.5. The van der Waals surface area contributed by atoms with Gasteiger partial charge in [-0.3, -0.25) is 0 Å². The van der Waals surface area contributed by atoms with Crippen LogP contribution in [-0.2, 0) is 0 Å². The molecule has 0 aromatic rings. The molecule has 0 atom stereocenters. The van der Waals surface area contributed by atoms with Crippen LogP contribution in [0.5, 0.6) is 0 Å². The maximum absolute atomic E-state index is 5.62. The Bertz CT molecular complexity index is 104. The summed E-state index contributed by atoms with van der Waals surface area (Å²) in [5.41, 5.74) is 0. The van der Waals surface area contributed by atoms with E-state index in [-0.39, 0.29) is 0 Å². The molecule has 0 aromatic carbocycles. The highest BCUT2D eigenvalue weighted by Crippen LogP contribution is 2.01. The van der Waals surface area contributed by atoms with Crippen molar-refractivity contribution in [3.8, 4) is 0 Å². The predicted molar refractivity (Wildman–Crippen MR) is 65.4 cm³/mol. The molecule has 0 radical (unpaired) electrons. The summed E-state index contributed by atoms with van der Waals surface area (Å²) < 4.78 is 0. The van der Waals surface area contributed by atoms with Crippen molar-refractivity contribution in [2.24, 2.45) is 0 Å². The predicted octanol–water partition coefficient (Wildman–Crippen LogP) is 2.55. The first-order valence-electron chi connectivity index (χ1n) is 5.43. The molecule has 86 valence electrons. The molecule has 2 N–H and O–H groups in total. The SMILES string of the molecule is CCCCCC(NCCCl)NCCCl. The van der Waals surface area contributed by atoms with Gasteiger partial charge >= 0.3 is 0 Å².